The predicted octanol–water partition coefficient (Wildman–Crippen LogP) is 5.02. The topological polar surface area (TPSA) is 63.2 Å². The van der Waals surface area contributed by atoms with E-state index in [9.17, 15) is 13.6 Å². The number of hydrogen-bond donors (Lipinski definition) is 2. The van der Waals surface area contributed by atoms with Crippen molar-refractivity contribution < 1.29 is 18.3 Å². The van der Waals surface area contributed by atoms with Gasteiger partial charge >= 0.3 is 0 Å². The Labute approximate surface area is 159 Å². The monoisotopic (exact) mass is 389 g/mol. The molecule has 0 bridgehead atoms. The van der Waals surface area contributed by atoms with Crippen molar-refractivity contribution >= 4 is 34.7 Å². The quantitative estimate of drug-likeness (QED) is 0.643. The van der Waals surface area contributed by atoms with Crippen LogP contribution in [-0.2, 0) is 0 Å². The number of halogens is 3. The summed E-state index contributed by atoms with van der Waals surface area (Å²) >= 11 is 6.08. The van der Waals surface area contributed by atoms with Gasteiger partial charge in [0.1, 0.15) is 11.6 Å². The summed E-state index contributed by atoms with van der Waals surface area (Å²) in [5.41, 5.74) is 1.40. The number of benzene rings is 2. The van der Waals surface area contributed by atoms with Gasteiger partial charge in [0, 0.05) is 11.3 Å². The van der Waals surface area contributed by atoms with Crippen molar-refractivity contribution in [2.24, 2.45) is 0 Å². The highest BCUT2D eigenvalue weighted by Crippen LogP contribution is 2.28. The summed E-state index contributed by atoms with van der Waals surface area (Å²) in [5, 5.41) is 6.09. The SMILES string of the molecule is COc1ccc(Nc2ccc(NC(=O)c3ccc(F)c(F)c3)nc2)cc1Cl. The Hall–Kier alpha value is -3.19. The first kappa shape index (κ1) is 18.6. The maximum atomic E-state index is 13.2. The molecule has 0 saturated heterocycles. The number of anilines is 3. The van der Waals surface area contributed by atoms with Gasteiger partial charge in [0.05, 0.1) is 24.0 Å². The fourth-order valence-corrected chi connectivity index (χ4v) is 2.54. The van der Waals surface area contributed by atoms with E-state index in [-0.39, 0.29) is 11.4 Å². The molecule has 2 N–H and O–H groups in total. The Morgan fingerprint density at radius 1 is 1.04 bits per heavy atom. The lowest BCUT2D eigenvalue weighted by Crippen LogP contribution is -2.13. The van der Waals surface area contributed by atoms with E-state index in [4.69, 9.17) is 16.3 Å². The molecule has 0 saturated carbocycles. The molecule has 5 nitrogen and oxygen atoms in total. The lowest BCUT2D eigenvalue weighted by Gasteiger charge is -2.10. The molecule has 1 amide bonds. The third-order valence-corrected chi connectivity index (χ3v) is 3.92. The number of amides is 1. The molecule has 0 spiro atoms. The Morgan fingerprint density at radius 3 is 2.44 bits per heavy atom. The summed E-state index contributed by atoms with van der Waals surface area (Å²) in [4.78, 5) is 16.2. The first-order valence-corrected chi connectivity index (χ1v) is 8.17. The van der Waals surface area contributed by atoms with Crippen molar-refractivity contribution in [3.63, 3.8) is 0 Å². The fraction of sp³-hybridized carbons (Fsp3) is 0.0526. The van der Waals surface area contributed by atoms with Crippen LogP contribution in [0.5, 0.6) is 5.75 Å². The molecule has 138 valence electrons. The lowest BCUT2D eigenvalue weighted by molar-refractivity contribution is 0.102. The van der Waals surface area contributed by atoms with Gasteiger partial charge in [0.2, 0.25) is 0 Å². The molecule has 0 aliphatic rings. The van der Waals surface area contributed by atoms with E-state index in [1.807, 2.05) is 0 Å². The van der Waals surface area contributed by atoms with Crippen LogP contribution >= 0.6 is 11.6 Å². The number of aromatic nitrogens is 1. The average Bonchev–Trinajstić information content (AvgIpc) is 2.65. The highest BCUT2D eigenvalue weighted by molar-refractivity contribution is 6.32. The maximum Gasteiger partial charge on any atom is 0.256 e. The zero-order chi connectivity index (χ0) is 19.4. The van der Waals surface area contributed by atoms with Crippen LogP contribution in [0.4, 0.5) is 26.0 Å². The molecule has 1 heterocycles. The van der Waals surface area contributed by atoms with Gasteiger partial charge in [0.15, 0.2) is 11.6 Å². The third kappa shape index (κ3) is 4.51. The number of nitrogens with one attached hydrogen (secondary N) is 2. The van der Waals surface area contributed by atoms with Gasteiger partial charge in [-0.3, -0.25) is 4.79 Å². The minimum absolute atomic E-state index is 0.00854. The number of pyridine rings is 1. The smallest absolute Gasteiger partial charge is 0.256 e. The molecule has 2 aromatic carbocycles. The number of hydrogen-bond acceptors (Lipinski definition) is 4. The van der Waals surface area contributed by atoms with Crippen LogP contribution in [0.2, 0.25) is 5.02 Å². The molecule has 8 heteroatoms. The van der Waals surface area contributed by atoms with E-state index in [1.165, 1.54) is 19.4 Å². The first-order chi connectivity index (χ1) is 13.0. The second-order valence-electron chi connectivity index (χ2n) is 5.49. The van der Waals surface area contributed by atoms with Gasteiger partial charge in [-0.25, -0.2) is 13.8 Å². The number of carbonyl (C=O) groups is 1. The van der Waals surface area contributed by atoms with E-state index < -0.39 is 17.5 Å². The first-order valence-electron chi connectivity index (χ1n) is 7.79. The molecule has 0 radical (unpaired) electrons. The number of rotatable bonds is 5. The molecule has 3 aromatic rings. The van der Waals surface area contributed by atoms with Gasteiger partial charge in [-0.1, -0.05) is 11.6 Å². The van der Waals surface area contributed by atoms with Crippen molar-refractivity contribution in [3.8, 4) is 5.75 Å². The fourth-order valence-electron chi connectivity index (χ4n) is 2.28. The van der Waals surface area contributed by atoms with E-state index in [0.29, 0.717) is 16.5 Å². The molecule has 27 heavy (non-hydrogen) atoms. The number of ether oxygens (including phenoxy) is 1. The highest BCUT2D eigenvalue weighted by atomic mass is 35.5. The Balaban J connectivity index is 1.67. The molecule has 0 unspecified atom stereocenters. The van der Waals surface area contributed by atoms with Crippen molar-refractivity contribution in [1.29, 1.82) is 0 Å². The zero-order valence-corrected chi connectivity index (χ0v) is 14.8. The van der Waals surface area contributed by atoms with E-state index in [2.05, 4.69) is 15.6 Å². The van der Waals surface area contributed by atoms with Gasteiger partial charge < -0.3 is 15.4 Å². The summed E-state index contributed by atoms with van der Waals surface area (Å²) in [6.45, 7) is 0. The molecule has 3 rings (SSSR count). The second-order valence-corrected chi connectivity index (χ2v) is 5.90. The third-order valence-electron chi connectivity index (χ3n) is 3.63. The molecular weight excluding hydrogens is 376 g/mol. The zero-order valence-electron chi connectivity index (χ0n) is 14.1. The Kier molecular flexibility index (Phi) is 5.52. The molecular formula is C19H14ClF2N3O2. The van der Waals surface area contributed by atoms with E-state index >= 15 is 0 Å². The van der Waals surface area contributed by atoms with E-state index in [0.717, 1.165) is 17.8 Å². The van der Waals surface area contributed by atoms with Crippen molar-refractivity contribution in [2.75, 3.05) is 17.7 Å². The van der Waals surface area contributed by atoms with Crippen LogP contribution in [0.1, 0.15) is 10.4 Å². The van der Waals surface area contributed by atoms with Crippen LogP contribution in [0.25, 0.3) is 0 Å². The molecule has 0 aliphatic carbocycles. The van der Waals surface area contributed by atoms with Gasteiger partial charge in [-0.2, -0.15) is 0 Å². The lowest BCUT2D eigenvalue weighted by atomic mass is 10.2. The summed E-state index contributed by atoms with van der Waals surface area (Å²) in [7, 11) is 1.53. The van der Waals surface area contributed by atoms with Crippen molar-refractivity contribution in [2.45, 2.75) is 0 Å². The Bertz CT molecular complexity index is 981. The van der Waals surface area contributed by atoms with Crippen LogP contribution in [-0.4, -0.2) is 18.0 Å². The second kappa shape index (κ2) is 8.01. The van der Waals surface area contributed by atoms with Crippen LogP contribution < -0.4 is 15.4 Å². The minimum Gasteiger partial charge on any atom is -0.495 e. The molecule has 1 aromatic heterocycles. The van der Waals surface area contributed by atoms with Crippen LogP contribution in [0.15, 0.2) is 54.7 Å². The van der Waals surface area contributed by atoms with Gasteiger partial charge in [0.25, 0.3) is 5.91 Å². The normalized spacial score (nSPS) is 10.4. The summed E-state index contributed by atoms with van der Waals surface area (Å²) in [5.74, 6) is -1.87. The number of carbonyl (C=O) groups excluding carboxylic acids is 1. The summed E-state index contributed by atoms with van der Waals surface area (Å²) in [6, 6.07) is 11.4. The highest BCUT2D eigenvalue weighted by Gasteiger charge is 2.10. The summed E-state index contributed by atoms with van der Waals surface area (Å²) in [6.07, 6.45) is 1.51. The van der Waals surface area contributed by atoms with Crippen LogP contribution in [0, 0.1) is 11.6 Å². The van der Waals surface area contributed by atoms with E-state index in [1.54, 1.807) is 30.3 Å². The largest absolute Gasteiger partial charge is 0.495 e. The minimum atomic E-state index is -1.09. The van der Waals surface area contributed by atoms with Crippen LogP contribution in [0.3, 0.4) is 0 Å². The number of nitrogens with zero attached hydrogens (tertiary/aromatic N) is 1. The molecule has 0 atom stereocenters. The van der Waals surface area contributed by atoms with Gasteiger partial charge in [-0.15, -0.1) is 0 Å². The van der Waals surface area contributed by atoms with Gasteiger partial charge in [-0.05, 0) is 48.5 Å². The Morgan fingerprint density at radius 2 is 1.81 bits per heavy atom. The average molecular weight is 390 g/mol. The molecule has 0 fully saturated rings. The summed E-state index contributed by atoms with van der Waals surface area (Å²) < 4.78 is 31.3. The van der Waals surface area contributed by atoms with Crippen molar-refractivity contribution in [3.05, 3.63) is 76.9 Å². The molecule has 0 aliphatic heterocycles. The maximum absolute atomic E-state index is 13.2. The van der Waals surface area contributed by atoms with Crippen molar-refractivity contribution in [1.82, 2.24) is 4.98 Å². The number of methoxy groups -OCH3 is 1. The predicted molar refractivity (Wildman–Crippen MR) is 99.8 cm³/mol. The standard InChI is InChI=1S/C19H14ClF2N3O2/c1-27-17-6-3-12(9-14(17)20)24-13-4-7-18(23-10-13)25-19(26)11-2-5-15(21)16(22)8-11/h2-10,24H,1H3,(H,23,25,26).